The van der Waals surface area contributed by atoms with Gasteiger partial charge in [-0.3, -0.25) is 4.79 Å². The van der Waals surface area contributed by atoms with Crippen molar-refractivity contribution in [3.63, 3.8) is 0 Å². The Morgan fingerprint density at radius 1 is 0.842 bits per heavy atom. The van der Waals surface area contributed by atoms with Gasteiger partial charge >= 0.3 is 6.09 Å². The Morgan fingerprint density at radius 3 is 1.82 bits per heavy atom. The van der Waals surface area contributed by atoms with Gasteiger partial charge in [-0.2, -0.15) is 0 Å². The maximum Gasteiger partial charge on any atom is 0.408 e. The molecule has 0 aliphatic rings. The minimum absolute atomic E-state index is 0.104. The van der Waals surface area contributed by atoms with Crippen LogP contribution in [0, 0.1) is 0 Å². The Morgan fingerprint density at radius 2 is 1.34 bits per heavy atom. The fourth-order valence-electron chi connectivity index (χ4n) is 4.46. The van der Waals surface area contributed by atoms with E-state index >= 15 is 0 Å². The van der Waals surface area contributed by atoms with Crippen LogP contribution in [0.3, 0.4) is 0 Å². The first-order chi connectivity index (χ1) is 18.2. The summed E-state index contributed by atoms with van der Waals surface area (Å²) in [6.45, 7) is 7.97. The zero-order valence-corrected chi connectivity index (χ0v) is 23.5. The third-order valence-corrected chi connectivity index (χ3v) is 11.4. The number of aliphatic hydroxyl groups is 1. The van der Waals surface area contributed by atoms with Crippen LogP contribution in [-0.2, 0) is 20.6 Å². The Labute approximate surface area is 226 Å². The molecule has 3 N–H and O–H groups in total. The largest absolute Gasteiger partial charge is 0.445 e. The Balaban J connectivity index is 1.69. The number of alkyl carbamates (subject to hydrolysis) is 1. The molecule has 8 heteroatoms. The minimum atomic E-state index is -2.83. The second-order valence-electron chi connectivity index (χ2n) is 10.3. The number of carbonyl (C=O) groups is 2. The Kier molecular flexibility index (Phi) is 10.2. The second kappa shape index (κ2) is 13.4. The predicted molar refractivity (Wildman–Crippen MR) is 152 cm³/mol. The molecule has 0 saturated heterocycles. The lowest BCUT2D eigenvalue weighted by Gasteiger charge is -2.43. The minimum Gasteiger partial charge on any atom is -0.445 e. The monoisotopic (exact) mass is 534 g/mol. The van der Waals surface area contributed by atoms with Crippen LogP contribution < -0.4 is 21.0 Å². The summed E-state index contributed by atoms with van der Waals surface area (Å²) in [5.74, 6) is -0.438. The molecule has 38 heavy (non-hydrogen) atoms. The summed E-state index contributed by atoms with van der Waals surface area (Å²) >= 11 is 0. The molecule has 0 heterocycles. The Hall–Kier alpha value is -3.46. The number of amides is 2. The van der Waals surface area contributed by atoms with Crippen LogP contribution in [0.1, 0.15) is 33.3 Å². The number of ether oxygens (including phenoxy) is 1. The summed E-state index contributed by atoms with van der Waals surface area (Å²) in [5, 5.41) is 17.4. The molecule has 0 aliphatic carbocycles. The van der Waals surface area contributed by atoms with Crippen molar-refractivity contribution in [3.8, 4) is 0 Å². The lowest BCUT2D eigenvalue weighted by atomic mass is 10.2. The first-order valence-corrected chi connectivity index (χ1v) is 14.7. The van der Waals surface area contributed by atoms with Crippen LogP contribution in [0.2, 0.25) is 5.04 Å². The van der Waals surface area contributed by atoms with Gasteiger partial charge in [0.15, 0.2) is 0 Å². The highest BCUT2D eigenvalue weighted by atomic mass is 28.4. The van der Waals surface area contributed by atoms with E-state index in [9.17, 15) is 14.7 Å². The molecule has 0 radical (unpaired) electrons. The van der Waals surface area contributed by atoms with Crippen LogP contribution in [0.15, 0.2) is 91.0 Å². The third-order valence-electron chi connectivity index (χ3n) is 6.43. The van der Waals surface area contributed by atoms with Crippen LogP contribution in [-0.4, -0.2) is 50.7 Å². The summed E-state index contributed by atoms with van der Waals surface area (Å²) in [6.07, 6.45) is -0.694. The molecule has 2 amide bonds. The van der Waals surface area contributed by atoms with Crippen LogP contribution in [0.5, 0.6) is 0 Å². The lowest BCUT2D eigenvalue weighted by Crippen LogP contribution is -2.67. The molecule has 0 spiro atoms. The fraction of sp³-hybridized carbons (Fsp3) is 0.333. The van der Waals surface area contributed by atoms with Crippen molar-refractivity contribution in [3.05, 3.63) is 96.6 Å². The summed E-state index contributed by atoms with van der Waals surface area (Å²) in [4.78, 5) is 25.0. The number of hydrogen-bond acceptors (Lipinski definition) is 5. The fourth-order valence-corrected chi connectivity index (χ4v) is 9.07. The van der Waals surface area contributed by atoms with E-state index in [2.05, 4.69) is 55.7 Å². The van der Waals surface area contributed by atoms with E-state index in [1.54, 1.807) is 6.92 Å². The molecule has 0 aromatic heterocycles. The first kappa shape index (κ1) is 29.1. The molecule has 3 rings (SSSR count). The zero-order valence-electron chi connectivity index (χ0n) is 22.5. The summed E-state index contributed by atoms with van der Waals surface area (Å²) < 4.78 is 12.0. The number of nitrogens with one attached hydrogen (secondary N) is 2. The van der Waals surface area contributed by atoms with Gasteiger partial charge in [0.25, 0.3) is 8.32 Å². The van der Waals surface area contributed by atoms with Gasteiger partial charge in [0.2, 0.25) is 5.91 Å². The molecule has 3 aromatic carbocycles. The second-order valence-corrected chi connectivity index (χ2v) is 14.6. The van der Waals surface area contributed by atoms with Crippen molar-refractivity contribution < 1.29 is 23.9 Å². The van der Waals surface area contributed by atoms with Gasteiger partial charge in [0, 0.05) is 0 Å². The standard InChI is InChI=1S/C30H38N2O5Si/c1-23(31-29(35)36-21-24-14-8-5-9-15-24)28(34)32-25(20-33)22-37-38(30(2,3)4,26-16-10-6-11-17-26)27-18-12-7-13-19-27/h5-19,23,25,33H,20-22H2,1-4H3,(H,31,35)(H,32,34)/t23-,25-/m1/s1. The highest BCUT2D eigenvalue weighted by Crippen LogP contribution is 2.36. The first-order valence-electron chi connectivity index (χ1n) is 12.8. The third kappa shape index (κ3) is 7.31. The smallest absolute Gasteiger partial charge is 0.408 e. The van der Waals surface area contributed by atoms with Crippen molar-refractivity contribution in [1.29, 1.82) is 0 Å². The summed E-state index contributed by atoms with van der Waals surface area (Å²) in [5.41, 5.74) is 0.848. The van der Waals surface area contributed by atoms with Gasteiger partial charge in [0.05, 0.1) is 19.3 Å². The molecule has 0 bridgehead atoms. The van der Waals surface area contributed by atoms with E-state index in [4.69, 9.17) is 9.16 Å². The molecular formula is C30H38N2O5Si. The van der Waals surface area contributed by atoms with Gasteiger partial charge in [-0.1, -0.05) is 112 Å². The number of hydrogen-bond donors (Lipinski definition) is 3. The number of benzene rings is 3. The molecule has 0 aliphatic heterocycles. The van der Waals surface area contributed by atoms with Gasteiger partial charge in [-0.15, -0.1) is 0 Å². The van der Waals surface area contributed by atoms with E-state index in [1.807, 2.05) is 66.7 Å². The van der Waals surface area contributed by atoms with Crippen LogP contribution in [0.25, 0.3) is 0 Å². The van der Waals surface area contributed by atoms with E-state index in [-0.39, 0.29) is 24.9 Å². The van der Waals surface area contributed by atoms with Crippen molar-refractivity contribution >= 4 is 30.7 Å². The molecule has 0 saturated carbocycles. The molecule has 0 fully saturated rings. The van der Waals surface area contributed by atoms with E-state index in [1.165, 1.54) is 0 Å². The Bertz CT molecular complexity index is 1110. The SMILES string of the molecule is C[C@@H](NC(=O)OCc1ccccc1)C(=O)N[C@H](CO)CO[Si](c1ccccc1)(c1ccccc1)C(C)(C)C. The topological polar surface area (TPSA) is 96.9 Å². The van der Waals surface area contributed by atoms with Gasteiger partial charge in [0.1, 0.15) is 12.6 Å². The average molecular weight is 535 g/mol. The molecule has 2 atom stereocenters. The van der Waals surface area contributed by atoms with Crippen molar-refractivity contribution in [2.75, 3.05) is 13.2 Å². The molecule has 202 valence electrons. The number of rotatable bonds is 11. The van der Waals surface area contributed by atoms with Crippen LogP contribution >= 0.6 is 0 Å². The summed E-state index contributed by atoms with van der Waals surface area (Å²) in [6, 6.07) is 28.1. The predicted octanol–water partition coefficient (Wildman–Crippen LogP) is 3.36. The van der Waals surface area contributed by atoms with E-state index < -0.39 is 32.4 Å². The lowest BCUT2D eigenvalue weighted by molar-refractivity contribution is -0.124. The zero-order chi connectivity index (χ0) is 27.6. The van der Waals surface area contributed by atoms with E-state index in [0.717, 1.165) is 15.9 Å². The average Bonchev–Trinajstić information content (AvgIpc) is 2.92. The summed E-state index contributed by atoms with van der Waals surface area (Å²) in [7, 11) is -2.83. The maximum absolute atomic E-state index is 12.8. The maximum atomic E-state index is 12.8. The van der Waals surface area contributed by atoms with Gasteiger partial charge in [-0.05, 0) is 27.9 Å². The van der Waals surface area contributed by atoms with Gasteiger partial charge in [-0.25, -0.2) is 4.79 Å². The van der Waals surface area contributed by atoms with Crippen molar-refractivity contribution in [1.82, 2.24) is 10.6 Å². The van der Waals surface area contributed by atoms with Crippen molar-refractivity contribution in [2.24, 2.45) is 0 Å². The van der Waals surface area contributed by atoms with E-state index in [0.29, 0.717) is 0 Å². The molecule has 3 aromatic rings. The normalized spacial score (nSPS) is 13.3. The molecule has 0 unspecified atom stereocenters. The quantitative estimate of drug-likeness (QED) is 0.328. The number of carbonyl (C=O) groups excluding carboxylic acids is 2. The molecular weight excluding hydrogens is 496 g/mol. The van der Waals surface area contributed by atoms with Crippen molar-refractivity contribution in [2.45, 2.75) is 51.4 Å². The number of aliphatic hydroxyl groups excluding tert-OH is 1. The van der Waals surface area contributed by atoms with Crippen LogP contribution in [0.4, 0.5) is 4.79 Å². The highest BCUT2D eigenvalue weighted by Gasteiger charge is 2.50. The van der Waals surface area contributed by atoms with Gasteiger partial charge < -0.3 is 24.9 Å². The molecule has 7 nitrogen and oxygen atoms in total. The highest BCUT2D eigenvalue weighted by molar-refractivity contribution is 6.99.